The normalized spacial score (nSPS) is 13.1. The van der Waals surface area contributed by atoms with E-state index in [1.54, 1.807) is 12.1 Å². The number of hydrogen-bond acceptors (Lipinski definition) is 1. The molecule has 0 bridgehead atoms. The van der Waals surface area contributed by atoms with Crippen LogP contribution in [0.4, 0.5) is 8.78 Å². The molecule has 0 aliphatic carbocycles. The van der Waals surface area contributed by atoms with E-state index in [1.165, 1.54) is 12.1 Å². The molecule has 1 aromatic carbocycles. The van der Waals surface area contributed by atoms with Gasteiger partial charge in [-0.25, -0.2) is 8.78 Å². The summed E-state index contributed by atoms with van der Waals surface area (Å²) in [6, 6.07) is 5.92. The number of rotatable bonds is 6. The molecule has 0 aliphatic rings. The van der Waals surface area contributed by atoms with Crippen LogP contribution < -0.4 is 0 Å². The second-order valence-electron chi connectivity index (χ2n) is 3.98. The van der Waals surface area contributed by atoms with Gasteiger partial charge in [0.2, 0.25) is 0 Å². The molecule has 1 rings (SSSR count). The van der Waals surface area contributed by atoms with Crippen LogP contribution in [0.1, 0.15) is 56.3 Å². The van der Waals surface area contributed by atoms with E-state index >= 15 is 0 Å². The maximum Gasteiger partial charge on any atom is 0.263 e. The average Bonchev–Trinajstić information content (AvgIpc) is 2.29. The van der Waals surface area contributed by atoms with Gasteiger partial charge in [-0.2, -0.15) is 0 Å². The van der Waals surface area contributed by atoms with Crippen molar-refractivity contribution in [2.45, 2.75) is 45.1 Å². The number of hydrogen-bond donors (Lipinski definition) is 1. The zero-order valence-electron chi connectivity index (χ0n) is 9.50. The first-order valence-electron chi connectivity index (χ1n) is 5.71. The molecule has 0 radical (unpaired) electrons. The highest BCUT2D eigenvalue weighted by molar-refractivity contribution is 5.24. The molecule has 1 nitrogen and oxygen atoms in total. The lowest BCUT2D eigenvalue weighted by molar-refractivity contribution is 0.150. The molecule has 3 heteroatoms. The minimum absolute atomic E-state index is 0.00417. The fraction of sp³-hybridized carbons (Fsp3) is 0.538. The summed E-state index contributed by atoms with van der Waals surface area (Å²) in [6.07, 6.45) is 0.892. The van der Waals surface area contributed by atoms with Gasteiger partial charge in [0.25, 0.3) is 6.43 Å². The summed E-state index contributed by atoms with van der Waals surface area (Å²) in [6.45, 7) is 2.10. The lowest BCUT2D eigenvalue weighted by atomic mass is 10.0. The van der Waals surface area contributed by atoms with Crippen molar-refractivity contribution in [1.29, 1.82) is 0 Å². The van der Waals surface area contributed by atoms with E-state index in [-0.39, 0.29) is 5.56 Å². The highest BCUT2D eigenvalue weighted by atomic mass is 19.3. The number of halogens is 2. The van der Waals surface area contributed by atoms with Gasteiger partial charge in [0, 0.05) is 5.56 Å². The first-order valence-corrected chi connectivity index (χ1v) is 5.71. The molecule has 1 N–H and O–H groups in total. The van der Waals surface area contributed by atoms with E-state index in [9.17, 15) is 13.9 Å². The van der Waals surface area contributed by atoms with Crippen LogP contribution >= 0.6 is 0 Å². The highest BCUT2D eigenvalue weighted by Crippen LogP contribution is 2.23. The second kappa shape index (κ2) is 6.59. The lowest BCUT2D eigenvalue weighted by Gasteiger charge is -2.11. The molecule has 0 heterocycles. The monoisotopic (exact) mass is 228 g/mol. The van der Waals surface area contributed by atoms with Crippen molar-refractivity contribution in [2.75, 3.05) is 0 Å². The van der Waals surface area contributed by atoms with Crippen molar-refractivity contribution >= 4 is 0 Å². The third-order valence-corrected chi connectivity index (χ3v) is 2.65. The van der Waals surface area contributed by atoms with Gasteiger partial charge in [-0.1, -0.05) is 50.5 Å². The number of alkyl halides is 2. The third kappa shape index (κ3) is 3.89. The second-order valence-corrected chi connectivity index (χ2v) is 3.98. The van der Waals surface area contributed by atoms with E-state index in [1.807, 2.05) is 0 Å². The van der Waals surface area contributed by atoms with Crippen LogP contribution in [0.2, 0.25) is 0 Å². The molecule has 1 unspecified atom stereocenters. The smallest absolute Gasteiger partial charge is 0.263 e. The molecular weight excluding hydrogens is 210 g/mol. The molecule has 0 spiro atoms. The van der Waals surface area contributed by atoms with Gasteiger partial charge in [-0.15, -0.1) is 0 Å². The molecule has 0 saturated carbocycles. The molecule has 90 valence electrons. The Kier molecular flexibility index (Phi) is 5.39. The summed E-state index contributed by atoms with van der Waals surface area (Å²) in [5, 5.41) is 9.79. The van der Waals surface area contributed by atoms with Crippen molar-refractivity contribution < 1.29 is 13.9 Å². The summed E-state index contributed by atoms with van der Waals surface area (Å²) in [7, 11) is 0. The van der Waals surface area contributed by atoms with Gasteiger partial charge in [0.05, 0.1) is 6.10 Å². The molecule has 0 amide bonds. The molecule has 1 aromatic rings. The summed E-state index contributed by atoms with van der Waals surface area (Å²) >= 11 is 0. The third-order valence-electron chi connectivity index (χ3n) is 2.65. The molecule has 1 atom stereocenters. The van der Waals surface area contributed by atoms with Gasteiger partial charge < -0.3 is 5.11 Å². The Balaban J connectivity index is 2.52. The zero-order chi connectivity index (χ0) is 12.0. The lowest BCUT2D eigenvalue weighted by Crippen LogP contribution is -1.97. The zero-order valence-corrected chi connectivity index (χ0v) is 9.50. The standard InChI is InChI=1S/C13H18F2O/c1-2-3-4-5-12(16)10-6-8-11(9-7-10)13(14)15/h6-9,12-13,16H,2-5H2,1H3. The van der Waals surface area contributed by atoms with Gasteiger partial charge in [-0.05, 0) is 12.0 Å². The van der Waals surface area contributed by atoms with Crippen LogP contribution in [0.25, 0.3) is 0 Å². The van der Waals surface area contributed by atoms with E-state index in [0.29, 0.717) is 6.42 Å². The number of unbranched alkanes of at least 4 members (excludes halogenated alkanes) is 2. The highest BCUT2D eigenvalue weighted by Gasteiger charge is 2.10. The Morgan fingerprint density at radius 1 is 1.06 bits per heavy atom. The summed E-state index contributed by atoms with van der Waals surface area (Å²) in [4.78, 5) is 0. The first kappa shape index (κ1) is 13.1. The number of aliphatic hydroxyl groups excluding tert-OH is 1. The predicted molar refractivity (Wildman–Crippen MR) is 60.5 cm³/mol. The van der Waals surface area contributed by atoms with E-state index in [4.69, 9.17) is 0 Å². The Morgan fingerprint density at radius 3 is 2.12 bits per heavy atom. The Labute approximate surface area is 95.1 Å². The average molecular weight is 228 g/mol. The Hall–Kier alpha value is -0.960. The summed E-state index contributed by atoms with van der Waals surface area (Å²) in [5.41, 5.74) is 0.727. The number of benzene rings is 1. The minimum atomic E-state index is -2.44. The van der Waals surface area contributed by atoms with Crippen molar-refractivity contribution in [2.24, 2.45) is 0 Å². The molecule has 0 aromatic heterocycles. The predicted octanol–water partition coefficient (Wildman–Crippen LogP) is 4.24. The van der Waals surface area contributed by atoms with Gasteiger partial charge in [-0.3, -0.25) is 0 Å². The maximum absolute atomic E-state index is 12.3. The van der Waals surface area contributed by atoms with Gasteiger partial charge in [0.1, 0.15) is 0 Å². The molecule has 0 aliphatic heterocycles. The molecular formula is C13H18F2O. The van der Waals surface area contributed by atoms with E-state index in [2.05, 4.69) is 6.92 Å². The Bertz CT molecular complexity index is 295. The SMILES string of the molecule is CCCCCC(O)c1ccc(C(F)F)cc1. The van der Waals surface area contributed by atoms with Crippen molar-refractivity contribution in [3.63, 3.8) is 0 Å². The summed E-state index contributed by atoms with van der Waals surface area (Å²) < 4.78 is 24.6. The van der Waals surface area contributed by atoms with Gasteiger partial charge in [0.15, 0.2) is 0 Å². The van der Waals surface area contributed by atoms with Crippen molar-refractivity contribution in [1.82, 2.24) is 0 Å². The van der Waals surface area contributed by atoms with Crippen LogP contribution in [0.15, 0.2) is 24.3 Å². The fourth-order valence-electron chi connectivity index (χ4n) is 1.62. The van der Waals surface area contributed by atoms with Gasteiger partial charge >= 0.3 is 0 Å². The molecule has 0 saturated heterocycles. The van der Waals surface area contributed by atoms with E-state index in [0.717, 1.165) is 24.8 Å². The maximum atomic E-state index is 12.3. The minimum Gasteiger partial charge on any atom is -0.388 e. The Morgan fingerprint density at radius 2 is 1.62 bits per heavy atom. The van der Waals surface area contributed by atoms with Crippen LogP contribution in [0, 0.1) is 0 Å². The largest absolute Gasteiger partial charge is 0.388 e. The van der Waals surface area contributed by atoms with Crippen molar-refractivity contribution in [3.8, 4) is 0 Å². The summed E-state index contributed by atoms with van der Waals surface area (Å²) in [5.74, 6) is 0. The fourth-order valence-corrected chi connectivity index (χ4v) is 1.62. The van der Waals surface area contributed by atoms with Crippen LogP contribution in [0.5, 0.6) is 0 Å². The molecule has 16 heavy (non-hydrogen) atoms. The van der Waals surface area contributed by atoms with Crippen LogP contribution in [0.3, 0.4) is 0 Å². The van der Waals surface area contributed by atoms with Crippen LogP contribution in [-0.4, -0.2) is 5.11 Å². The number of aliphatic hydroxyl groups is 1. The van der Waals surface area contributed by atoms with E-state index < -0.39 is 12.5 Å². The van der Waals surface area contributed by atoms with Crippen molar-refractivity contribution in [3.05, 3.63) is 35.4 Å². The quantitative estimate of drug-likeness (QED) is 0.722. The molecule has 0 fully saturated rings. The topological polar surface area (TPSA) is 20.2 Å². The first-order chi connectivity index (χ1) is 7.65. The van der Waals surface area contributed by atoms with Crippen LogP contribution in [-0.2, 0) is 0 Å².